The average Bonchev–Trinajstić information content (AvgIpc) is 3.31. The van der Waals surface area contributed by atoms with Gasteiger partial charge in [-0.15, -0.1) is 0 Å². The summed E-state index contributed by atoms with van der Waals surface area (Å²) in [5.41, 5.74) is -1.14. The minimum Gasteiger partial charge on any atom is -0.480 e. The van der Waals surface area contributed by atoms with Crippen molar-refractivity contribution in [1.82, 2.24) is 10.2 Å². The lowest BCUT2D eigenvalue weighted by molar-refractivity contribution is -0.144. The van der Waals surface area contributed by atoms with Crippen LogP contribution in [0.2, 0.25) is 0 Å². The van der Waals surface area contributed by atoms with Crippen LogP contribution in [-0.2, 0) is 9.53 Å². The Morgan fingerprint density at radius 1 is 1.24 bits per heavy atom. The van der Waals surface area contributed by atoms with Gasteiger partial charge < -0.3 is 20.1 Å². The molecule has 6 nitrogen and oxygen atoms in total. The van der Waals surface area contributed by atoms with Gasteiger partial charge in [-0.25, -0.2) is 9.59 Å². The SMILES string of the molecule is CC(NC(=O)N1CCOC2CCCCC21)(C(=O)O)C1CC1. The van der Waals surface area contributed by atoms with Crippen molar-refractivity contribution in [2.75, 3.05) is 13.2 Å². The molecule has 0 aromatic carbocycles. The van der Waals surface area contributed by atoms with E-state index in [-0.39, 0.29) is 24.1 Å². The number of rotatable bonds is 3. The monoisotopic (exact) mass is 296 g/mol. The Balaban J connectivity index is 1.70. The molecule has 118 valence electrons. The van der Waals surface area contributed by atoms with E-state index in [1.54, 1.807) is 11.8 Å². The quantitative estimate of drug-likeness (QED) is 0.829. The zero-order chi connectivity index (χ0) is 15.0. The maximum Gasteiger partial charge on any atom is 0.329 e. The molecule has 0 spiro atoms. The number of nitrogens with one attached hydrogen (secondary N) is 1. The molecule has 3 rings (SSSR count). The van der Waals surface area contributed by atoms with Gasteiger partial charge in [0, 0.05) is 6.54 Å². The van der Waals surface area contributed by atoms with Gasteiger partial charge in [0.05, 0.1) is 18.8 Å². The minimum absolute atomic E-state index is 0.0575. The summed E-state index contributed by atoms with van der Waals surface area (Å²) >= 11 is 0. The highest BCUT2D eigenvalue weighted by atomic mass is 16.5. The predicted molar refractivity (Wildman–Crippen MR) is 76.0 cm³/mol. The van der Waals surface area contributed by atoms with E-state index in [4.69, 9.17) is 4.74 Å². The average molecular weight is 296 g/mol. The van der Waals surface area contributed by atoms with Crippen LogP contribution in [-0.4, -0.2) is 52.8 Å². The van der Waals surface area contributed by atoms with E-state index >= 15 is 0 Å². The lowest BCUT2D eigenvalue weighted by Gasteiger charge is -2.44. The van der Waals surface area contributed by atoms with E-state index < -0.39 is 11.5 Å². The highest BCUT2D eigenvalue weighted by Gasteiger charge is 2.50. The second-order valence-electron chi connectivity index (χ2n) is 6.67. The molecule has 1 saturated heterocycles. The first-order valence-electron chi connectivity index (χ1n) is 7.96. The first-order valence-corrected chi connectivity index (χ1v) is 7.96. The van der Waals surface area contributed by atoms with Crippen molar-refractivity contribution in [2.24, 2.45) is 5.92 Å². The van der Waals surface area contributed by atoms with E-state index in [0.29, 0.717) is 13.2 Å². The number of urea groups is 1. The molecule has 0 radical (unpaired) electrons. The summed E-state index contributed by atoms with van der Waals surface area (Å²) < 4.78 is 5.76. The first-order chi connectivity index (χ1) is 10.0. The van der Waals surface area contributed by atoms with E-state index in [0.717, 1.165) is 38.5 Å². The Kier molecular flexibility index (Phi) is 3.82. The molecule has 2 saturated carbocycles. The molecule has 0 bridgehead atoms. The summed E-state index contributed by atoms with van der Waals surface area (Å²) in [5.74, 6) is -0.881. The number of hydrogen-bond donors (Lipinski definition) is 2. The third-order valence-corrected chi connectivity index (χ3v) is 5.20. The fourth-order valence-corrected chi connectivity index (χ4v) is 3.63. The van der Waals surface area contributed by atoms with Gasteiger partial charge in [0.2, 0.25) is 0 Å². The highest BCUT2D eigenvalue weighted by molar-refractivity contribution is 5.86. The van der Waals surface area contributed by atoms with Gasteiger partial charge in [-0.2, -0.15) is 0 Å². The Hall–Kier alpha value is -1.30. The summed E-state index contributed by atoms with van der Waals surface area (Å²) in [6.07, 6.45) is 6.06. The molecule has 21 heavy (non-hydrogen) atoms. The lowest BCUT2D eigenvalue weighted by atomic mass is 9.90. The lowest BCUT2D eigenvalue weighted by Crippen LogP contribution is -2.63. The Morgan fingerprint density at radius 2 is 1.95 bits per heavy atom. The summed E-state index contributed by atoms with van der Waals surface area (Å²) in [5, 5.41) is 12.3. The van der Waals surface area contributed by atoms with Crippen molar-refractivity contribution in [2.45, 2.75) is 63.1 Å². The first kappa shape index (κ1) is 14.6. The number of carboxylic acids is 1. The van der Waals surface area contributed by atoms with Crippen molar-refractivity contribution < 1.29 is 19.4 Å². The second-order valence-corrected chi connectivity index (χ2v) is 6.67. The summed E-state index contributed by atoms with van der Waals surface area (Å²) in [7, 11) is 0. The van der Waals surface area contributed by atoms with Crippen molar-refractivity contribution in [3.8, 4) is 0 Å². The molecule has 1 heterocycles. The Labute approximate surface area is 124 Å². The zero-order valence-corrected chi connectivity index (χ0v) is 12.5. The zero-order valence-electron chi connectivity index (χ0n) is 12.5. The molecule has 3 atom stereocenters. The molecule has 3 fully saturated rings. The standard InChI is InChI=1S/C15H24N2O4/c1-15(13(18)19,10-6-7-10)16-14(20)17-8-9-21-12-5-3-2-4-11(12)17/h10-12H,2-9H2,1H3,(H,16,20)(H,18,19). The summed E-state index contributed by atoms with van der Waals surface area (Å²) in [6, 6.07) is -0.142. The number of morpholine rings is 1. The number of carbonyl (C=O) groups excluding carboxylic acids is 1. The van der Waals surface area contributed by atoms with E-state index in [1.165, 1.54) is 0 Å². The highest BCUT2D eigenvalue weighted by Crippen LogP contribution is 2.40. The van der Waals surface area contributed by atoms with Gasteiger partial charge in [0.15, 0.2) is 0 Å². The largest absolute Gasteiger partial charge is 0.480 e. The van der Waals surface area contributed by atoms with Crippen LogP contribution in [0.25, 0.3) is 0 Å². The molecule has 2 N–H and O–H groups in total. The molecule has 0 aromatic rings. The molecule has 2 aliphatic carbocycles. The number of aliphatic carboxylic acids is 1. The van der Waals surface area contributed by atoms with Crippen LogP contribution in [0.1, 0.15) is 45.4 Å². The van der Waals surface area contributed by atoms with E-state index in [1.807, 2.05) is 0 Å². The van der Waals surface area contributed by atoms with Crippen LogP contribution in [0.5, 0.6) is 0 Å². The normalized spacial score (nSPS) is 32.0. The van der Waals surface area contributed by atoms with Gasteiger partial charge in [0.1, 0.15) is 5.54 Å². The summed E-state index contributed by atoms with van der Waals surface area (Å²) in [6.45, 7) is 2.72. The van der Waals surface area contributed by atoms with Gasteiger partial charge >= 0.3 is 12.0 Å². The minimum atomic E-state index is -1.14. The van der Waals surface area contributed by atoms with Crippen LogP contribution in [0.3, 0.4) is 0 Å². The number of carbonyl (C=O) groups is 2. The topological polar surface area (TPSA) is 78.9 Å². The molecule has 6 heteroatoms. The smallest absolute Gasteiger partial charge is 0.329 e. The van der Waals surface area contributed by atoms with Gasteiger partial charge in [-0.3, -0.25) is 0 Å². The number of ether oxygens (including phenoxy) is 1. The predicted octanol–water partition coefficient (Wildman–Crippen LogP) is 1.59. The molecular weight excluding hydrogens is 272 g/mol. The summed E-state index contributed by atoms with van der Waals surface area (Å²) in [4.78, 5) is 25.9. The van der Waals surface area contributed by atoms with Gasteiger partial charge in [-0.1, -0.05) is 12.8 Å². The third kappa shape index (κ3) is 2.73. The van der Waals surface area contributed by atoms with Crippen molar-refractivity contribution in [3.05, 3.63) is 0 Å². The number of nitrogens with zero attached hydrogens (tertiary/aromatic N) is 1. The Bertz CT molecular complexity index is 435. The second kappa shape index (κ2) is 5.48. The van der Waals surface area contributed by atoms with E-state index in [9.17, 15) is 14.7 Å². The molecule has 3 unspecified atom stereocenters. The maximum atomic E-state index is 12.6. The van der Waals surface area contributed by atoms with Gasteiger partial charge in [-0.05, 0) is 38.5 Å². The van der Waals surface area contributed by atoms with Crippen molar-refractivity contribution in [1.29, 1.82) is 0 Å². The fourth-order valence-electron chi connectivity index (χ4n) is 3.63. The van der Waals surface area contributed by atoms with Crippen molar-refractivity contribution >= 4 is 12.0 Å². The van der Waals surface area contributed by atoms with Crippen LogP contribution >= 0.6 is 0 Å². The third-order valence-electron chi connectivity index (χ3n) is 5.20. The van der Waals surface area contributed by atoms with Crippen LogP contribution in [0, 0.1) is 5.92 Å². The molecule has 1 aliphatic heterocycles. The van der Waals surface area contributed by atoms with Crippen LogP contribution in [0.15, 0.2) is 0 Å². The number of fused-ring (bicyclic) bond motifs is 1. The number of amides is 2. The Morgan fingerprint density at radius 3 is 2.62 bits per heavy atom. The number of carboxylic acid groups (broad SMARTS) is 1. The fraction of sp³-hybridized carbons (Fsp3) is 0.867. The maximum absolute atomic E-state index is 12.6. The van der Waals surface area contributed by atoms with Crippen LogP contribution in [0.4, 0.5) is 4.79 Å². The van der Waals surface area contributed by atoms with Crippen LogP contribution < -0.4 is 5.32 Å². The molecular formula is C15H24N2O4. The van der Waals surface area contributed by atoms with Crippen molar-refractivity contribution in [3.63, 3.8) is 0 Å². The molecule has 2 amide bonds. The number of hydrogen-bond acceptors (Lipinski definition) is 3. The molecule has 0 aromatic heterocycles. The van der Waals surface area contributed by atoms with E-state index in [2.05, 4.69) is 5.32 Å². The van der Waals surface area contributed by atoms with Gasteiger partial charge in [0.25, 0.3) is 0 Å². The molecule has 3 aliphatic rings.